The second kappa shape index (κ2) is 4.66. The molecular formula is C16H15ClO. The van der Waals surface area contributed by atoms with E-state index in [9.17, 15) is 0 Å². The molecule has 0 aliphatic carbocycles. The zero-order chi connectivity index (χ0) is 12.5. The number of hydrogen-bond acceptors (Lipinski definition) is 1. The number of rotatable bonds is 1. The third kappa shape index (κ3) is 2.23. The van der Waals surface area contributed by atoms with E-state index in [4.69, 9.17) is 16.3 Å². The first-order valence-corrected chi connectivity index (χ1v) is 6.62. The maximum absolute atomic E-state index is 6.05. The van der Waals surface area contributed by atoms with Gasteiger partial charge >= 0.3 is 0 Å². The number of halogens is 1. The van der Waals surface area contributed by atoms with E-state index >= 15 is 0 Å². The molecule has 18 heavy (non-hydrogen) atoms. The molecule has 3 rings (SSSR count). The first-order valence-electron chi connectivity index (χ1n) is 6.24. The van der Waals surface area contributed by atoms with Gasteiger partial charge in [-0.1, -0.05) is 41.4 Å². The van der Waals surface area contributed by atoms with Crippen LogP contribution in [0.15, 0.2) is 42.5 Å². The molecule has 0 spiro atoms. The minimum absolute atomic E-state index is 0.166. The molecule has 1 heterocycles. The summed E-state index contributed by atoms with van der Waals surface area (Å²) in [6.07, 6.45) is 2.20. The lowest BCUT2D eigenvalue weighted by atomic mass is 9.97. The highest BCUT2D eigenvalue weighted by atomic mass is 35.5. The average molecular weight is 259 g/mol. The van der Waals surface area contributed by atoms with Gasteiger partial charge in [0.25, 0.3) is 0 Å². The standard InChI is InChI=1S/C16H15ClO/c1-11-2-4-12(5-3-11)15-8-6-13-10-14(17)7-9-16(13)18-15/h2-5,7,9-10,15H,6,8H2,1H3. The van der Waals surface area contributed by atoms with E-state index in [1.165, 1.54) is 16.7 Å². The SMILES string of the molecule is Cc1ccc(C2CCc3cc(Cl)ccc3O2)cc1. The van der Waals surface area contributed by atoms with Gasteiger partial charge in [0.15, 0.2) is 0 Å². The van der Waals surface area contributed by atoms with Gasteiger partial charge in [-0.05, 0) is 49.1 Å². The molecule has 1 unspecified atom stereocenters. The molecule has 0 saturated carbocycles. The lowest BCUT2D eigenvalue weighted by molar-refractivity contribution is 0.176. The Kier molecular flexibility index (Phi) is 3.00. The quantitative estimate of drug-likeness (QED) is 0.720. The fourth-order valence-corrected chi connectivity index (χ4v) is 2.57. The monoisotopic (exact) mass is 258 g/mol. The van der Waals surface area contributed by atoms with Crippen LogP contribution in [0, 0.1) is 6.92 Å². The van der Waals surface area contributed by atoms with Crippen molar-refractivity contribution in [2.24, 2.45) is 0 Å². The van der Waals surface area contributed by atoms with E-state index in [1.807, 2.05) is 18.2 Å². The molecule has 0 fully saturated rings. The van der Waals surface area contributed by atoms with Gasteiger partial charge in [-0.25, -0.2) is 0 Å². The Bertz CT molecular complexity index is 560. The van der Waals surface area contributed by atoms with Gasteiger partial charge in [0.1, 0.15) is 11.9 Å². The average Bonchev–Trinajstić information content (AvgIpc) is 2.39. The van der Waals surface area contributed by atoms with E-state index < -0.39 is 0 Å². The smallest absolute Gasteiger partial charge is 0.124 e. The fraction of sp³-hybridized carbons (Fsp3) is 0.250. The maximum atomic E-state index is 6.05. The van der Waals surface area contributed by atoms with Crippen molar-refractivity contribution in [3.63, 3.8) is 0 Å². The molecule has 0 amide bonds. The Labute approximate surface area is 112 Å². The molecule has 0 N–H and O–H groups in total. The van der Waals surface area contributed by atoms with Gasteiger partial charge in [-0.2, -0.15) is 0 Å². The topological polar surface area (TPSA) is 9.23 Å². The van der Waals surface area contributed by atoms with Crippen molar-refractivity contribution < 1.29 is 4.74 Å². The minimum Gasteiger partial charge on any atom is -0.485 e. The van der Waals surface area contributed by atoms with Crippen molar-refractivity contribution in [3.05, 3.63) is 64.2 Å². The van der Waals surface area contributed by atoms with Crippen LogP contribution in [0.4, 0.5) is 0 Å². The number of fused-ring (bicyclic) bond motifs is 1. The zero-order valence-electron chi connectivity index (χ0n) is 10.3. The lowest BCUT2D eigenvalue weighted by Gasteiger charge is -2.26. The van der Waals surface area contributed by atoms with Crippen molar-refractivity contribution in [2.75, 3.05) is 0 Å². The number of hydrogen-bond donors (Lipinski definition) is 0. The Morgan fingerprint density at radius 3 is 2.67 bits per heavy atom. The molecule has 0 radical (unpaired) electrons. The molecule has 2 aromatic rings. The van der Waals surface area contributed by atoms with Crippen LogP contribution in [0.5, 0.6) is 5.75 Å². The van der Waals surface area contributed by atoms with E-state index in [-0.39, 0.29) is 6.10 Å². The zero-order valence-corrected chi connectivity index (χ0v) is 11.1. The normalized spacial score (nSPS) is 18.0. The summed E-state index contributed by atoms with van der Waals surface area (Å²) in [5.74, 6) is 0.969. The summed E-state index contributed by atoms with van der Waals surface area (Å²) in [5, 5.41) is 0.783. The third-order valence-corrected chi connectivity index (χ3v) is 3.65. The van der Waals surface area contributed by atoms with Crippen molar-refractivity contribution in [2.45, 2.75) is 25.9 Å². The molecule has 1 aliphatic rings. The fourth-order valence-electron chi connectivity index (χ4n) is 2.37. The predicted molar refractivity (Wildman–Crippen MR) is 74.3 cm³/mol. The van der Waals surface area contributed by atoms with Gasteiger partial charge < -0.3 is 4.74 Å². The summed E-state index contributed by atoms with van der Waals surface area (Å²) in [4.78, 5) is 0. The molecule has 2 aromatic carbocycles. The van der Waals surface area contributed by atoms with Crippen molar-refractivity contribution in [1.82, 2.24) is 0 Å². The minimum atomic E-state index is 0.166. The van der Waals surface area contributed by atoms with Crippen LogP contribution in [0.2, 0.25) is 5.02 Å². The van der Waals surface area contributed by atoms with E-state index in [1.54, 1.807) is 0 Å². The molecule has 0 aromatic heterocycles. The van der Waals surface area contributed by atoms with Crippen molar-refractivity contribution >= 4 is 11.6 Å². The highest BCUT2D eigenvalue weighted by Crippen LogP contribution is 2.36. The van der Waals surface area contributed by atoms with Crippen molar-refractivity contribution in [3.8, 4) is 5.75 Å². The first-order chi connectivity index (χ1) is 8.72. The van der Waals surface area contributed by atoms with Crippen LogP contribution < -0.4 is 4.74 Å². The summed E-state index contributed by atoms with van der Waals surface area (Å²) < 4.78 is 6.05. The number of aryl methyl sites for hydroxylation is 2. The Morgan fingerprint density at radius 1 is 1.11 bits per heavy atom. The molecule has 1 nitrogen and oxygen atoms in total. The second-order valence-corrected chi connectivity index (χ2v) is 5.24. The Hall–Kier alpha value is -1.47. The molecule has 1 aliphatic heterocycles. The van der Waals surface area contributed by atoms with Gasteiger partial charge in [-0.3, -0.25) is 0 Å². The van der Waals surface area contributed by atoms with Crippen LogP contribution in [-0.4, -0.2) is 0 Å². The van der Waals surface area contributed by atoms with E-state index in [2.05, 4.69) is 31.2 Å². The summed E-state index contributed by atoms with van der Waals surface area (Å²) in [6, 6.07) is 14.4. The van der Waals surface area contributed by atoms with Crippen molar-refractivity contribution in [1.29, 1.82) is 0 Å². The highest BCUT2D eigenvalue weighted by Gasteiger charge is 2.21. The van der Waals surface area contributed by atoms with Crippen LogP contribution in [0.1, 0.15) is 29.2 Å². The Balaban J connectivity index is 1.86. The molecule has 2 heteroatoms. The van der Waals surface area contributed by atoms with Gasteiger partial charge in [0.05, 0.1) is 0 Å². The maximum Gasteiger partial charge on any atom is 0.124 e. The molecule has 1 atom stereocenters. The summed E-state index contributed by atoms with van der Waals surface area (Å²) in [6.45, 7) is 2.10. The summed E-state index contributed by atoms with van der Waals surface area (Å²) in [7, 11) is 0. The Morgan fingerprint density at radius 2 is 1.89 bits per heavy atom. The molecule has 0 saturated heterocycles. The third-order valence-electron chi connectivity index (χ3n) is 3.42. The van der Waals surface area contributed by atoms with Crippen LogP contribution in [0.3, 0.4) is 0 Å². The molecular weight excluding hydrogens is 244 g/mol. The van der Waals surface area contributed by atoms with Crippen LogP contribution >= 0.6 is 11.6 Å². The number of benzene rings is 2. The number of ether oxygens (including phenoxy) is 1. The highest BCUT2D eigenvalue weighted by molar-refractivity contribution is 6.30. The predicted octanol–water partition coefficient (Wildman–Crippen LogP) is 4.71. The van der Waals surface area contributed by atoms with Crippen LogP contribution in [0.25, 0.3) is 0 Å². The summed E-state index contributed by atoms with van der Waals surface area (Å²) in [5.41, 5.74) is 3.74. The second-order valence-electron chi connectivity index (χ2n) is 4.81. The van der Waals surface area contributed by atoms with Crippen LogP contribution in [-0.2, 0) is 6.42 Å². The lowest BCUT2D eigenvalue weighted by Crippen LogP contribution is -2.15. The van der Waals surface area contributed by atoms with Gasteiger partial charge in [0.2, 0.25) is 0 Å². The van der Waals surface area contributed by atoms with E-state index in [0.29, 0.717) is 0 Å². The summed E-state index contributed by atoms with van der Waals surface area (Å²) >= 11 is 5.99. The van der Waals surface area contributed by atoms with E-state index in [0.717, 1.165) is 23.6 Å². The largest absolute Gasteiger partial charge is 0.485 e. The van der Waals surface area contributed by atoms with Gasteiger partial charge in [0, 0.05) is 5.02 Å². The molecule has 0 bridgehead atoms. The molecule has 92 valence electrons. The first kappa shape index (κ1) is 11.6. The van der Waals surface area contributed by atoms with Gasteiger partial charge in [-0.15, -0.1) is 0 Å².